The number of rotatable bonds is 6. The van der Waals surface area contributed by atoms with E-state index in [9.17, 15) is 0 Å². The molecular weight excluding hydrogens is 260 g/mol. The van der Waals surface area contributed by atoms with Gasteiger partial charge in [0.15, 0.2) is 0 Å². The summed E-state index contributed by atoms with van der Waals surface area (Å²) in [5, 5.41) is 3.35. The van der Waals surface area contributed by atoms with E-state index in [4.69, 9.17) is 10.5 Å². The molecule has 0 aromatic heterocycles. The van der Waals surface area contributed by atoms with E-state index in [1.165, 1.54) is 5.56 Å². The molecule has 2 rings (SSSR count). The summed E-state index contributed by atoms with van der Waals surface area (Å²) in [6.45, 7) is 6.17. The maximum atomic E-state index is 6.17. The van der Waals surface area contributed by atoms with Crippen LogP contribution in [-0.2, 0) is 6.42 Å². The monoisotopic (exact) mass is 284 g/mol. The van der Waals surface area contributed by atoms with Crippen LogP contribution in [0.4, 0.5) is 17.1 Å². The maximum absolute atomic E-state index is 6.17. The molecule has 0 amide bonds. The smallest absolute Gasteiger partial charge is 0.144 e. The van der Waals surface area contributed by atoms with Crippen molar-refractivity contribution < 1.29 is 4.74 Å². The fourth-order valence-electron chi connectivity index (χ4n) is 2.21. The predicted octanol–water partition coefficient (Wildman–Crippen LogP) is 4.75. The van der Waals surface area contributed by atoms with Gasteiger partial charge >= 0.3 is 0 Å². The molecule has 0 saturated carbocycles. The van der Waals surface area contributed by atoms with Crippen molar-refractivity contribution in [2.45, 2.75) is 39.7 Å². The van der Waals surface area contributed by atoms with Crippen LogP contribution >= 0.6 is 0 Å². The second-order valence-electron chi connectivity index (χ2n) is 5.46. The number of para-hydroxylation sites is 1. The fraction of sp³-hybridized carbons (Fsp3) is 0.333. The Bertz CT molecular complexity index is 576. The van der Waals surface area contributed by atoms with Crippen LogP contribution in [0.15, 0.2) is 42.5 Å². The number of hydrogen-bond donors (Lipinski definition) is 2. The minimum atomic E-state index is 0.107. The highest BCUT2D eigenvalue weighted by atomic mass is 16.5. The molecule has 2 aromatic carbocycles. The molecule has 3 nitrogen and oxygen atoms in total. The SMILES string of the molecule is CCCc1ccc(Nc2cccc(OC(C)C)c2N)cc1. The van der Waals surface area contributed by atoms with E-state index < -0.39 is 0 Å². The van der Waals surface area contributed by atoms with Gasteiger partial charge in [-0.2, -0.15) is 0 Å². The summed E-state index contributed by atoms with van der Waals surface area (Å²) in [5.41, 5.74) is 10.1. The number of nitrogens with two attached hydrogens (primary N) is 1. The van der Waals surface area contributed by atoms with Gasteiger partial charge in [-0.15, -0.1) is 0 Å². The summed E-state index contributed by atoms with van der Waals surface area (Å²) in [5.74, 6) is 0.720. The molecule has 112 valence electrons. The van der Waals surface area contributed by atoms with E-state index in [0.29, 0.717) is 5.69 Å². The summed E-state index contributed by atoms with van der Waals surface area (Å²) in [4.78, 5) is 0. The molecule has 0 heterocycles. The van der Waals surface area contributed by atoms with E-state index >= 15 is 0 Å². The molecule has 21 heavy (non-hydrogen) atoms. The van der Waals surface area contributed by atoms with E-state index in [1.807, 2.05) is 32.0 Å². The Morgan fingerprint density at radius 3 is 2.43 bits per heavy atom. The Labute approximate surface area is 127 Å². The first-order valence-corrected chi connectivity index (χ1v) is 7.51. The number of ether oxygens (including phenoxy) is 1. The van der Waals surface area contributed by atoms with Gasteiger partial charge in [-0.05, 0) is 50.1 Å². The Balaban J connectivity index is 2.15. The standard InChI is InChI=1S/C18H24N2O/c1-4-6-14-9-11-15(12-10-14)20-16-7-5-8-17(18(16)19)21-13(2)3/h5,7-13,20H,4,6,19H2,1-3H3. The Kier molecular flexibility index (Phi) is 5.09. The van der Waals surface area contributed by atoms with Crippen molar-refractivity contribution in [1.29, 1.82) is 0 Å². The first-order chi connectivity index (χ1) is 10.1. The number of anilines is 3. The molecule has 0 spiro atoms. The Hall–Kier alpha value is -2.16. The molecule has 3 N–H and O–H groups in total. The molecule has 0 bridgehead atoms. The lowest BCUT2D eigenvalue weighted by atomic mass is 10.1. The topological polar surface area (TPSA) is 47.3 Å². The van der Waals surface area contributed by atoms with Gasteiger partial charge in [-0.25, -0.2) is 0 Å². The molecule has 0 fully saturated rings. The molecule has 0 radical (unpaired) electrons. The fourth-order valence-corrected chi connectivity index (χ4v) is 2.21. The van der Waals surface area contributed by atoms with E-state index in [-0.39, 0.29) is 6.10 Å². The average Bonchev–Trinajstić information content (AvgIpc) is 2.45. The van der Waals surface area contributed by atoms with Gasteiger partial charge in [0.05, 0.1) is 17.5 Å². The molecule has 0 aliphatic rings. The van der Waals surface area contributed by atoms with E-state index in [1.54, 1.807) is 0 Å². The summed E-state index contributed by atoms with van der Waals surface area (Å²) in [7, 11) is 0. The zero-order valence-electron chi connectivity index (χ0n) is 13.0. The summed E-state index contributed by atoms with van der Waals surface area (Å²) in [6.07, 6.45) is 2.38. The van der Waals surface area contributed by atoms with Crippen LogP contribution in [0.5, 0.6) is 5.75 Å². The van der Waals surface area contributed by atoms with Crippen LogP contribution in [-0.4, -0.2) is 6.10 Å². The normalized spacial score (nSPS) is 10.7. The van der Waals surface area contributed by atoms with E-state index in [0.717, 1.165) is 30.0 Å². The second-order valence-corrected chi connectivity index (χ2v) is 5.46. The van der Waals surface area contributed by atoms with Crippen LogP contribution in [0.3, 0.4) is 0 Å². The highest BCUT2D eigenvalue weighted by Crippen LogP contribution is 2.32. The summed E-state index contributed by atoms with van der Waals surface area (Å²) < 4.78 is 5.71. The van der Waals surface area contributed by atoms with Crippen molar-refractivity contribution >= 4 is 17.1 Å². The number of aryl methyl sites for hydroxylation is 1. The first-order valence-electron chi connectivity index (χ1n) is 7.51. The van der Waals surface area contributed by atoms with Crippen molar-refractivity contribution in [2.24, 2.45) is 0 Å². The number of benzene rings is 2. The van der Waals surface area contributed by atoms with Gasteiger partial charge in [0, 0.05) is 5.69 Å². The van der Waals surface area contributed by atoms with Crippen molar-refractivity contribution in [3.05, 3.63) is 48.0 Å². The highest BCUT2D eigenvalue weighted by molar-refractivity contribution is 5.77. The first kappa shape index (κ1) is 15.2. The highest BCUT2D eigenvalue weighted by Gasteiger charge is 2.07. The number of hydrogen-bond acceptors (Lipinski definition) is 3. The van der Waals surface area contributed by atoms with Gasteiger partial charge in [0.1, 0.15) is 5.75 Å². The van der Waals surface area contributed by atoms with Gasteiger partial charge in [0.25, 0.3) is 0 Å². The van der Waals surface area contributed by atoms with Crippen LogP contribution < -0.4 is 15.8 Å². The maximum Gasteiger partial charge on any atom is 0.144 e. The minimum absolute atomic E-state index is 0.107. The quantitative estimate of drug-likeness (QED) is 0.752. The lowest BCUT2D eigenvalue weighted by Gasteiger charge is -2.16. The largest absolute Gasteiger partial charge is 0.489 e. The molecule has 3 heteroatoms. The second kappa shape index (κ2) is 7.02. The Morgan fingerprint density at radius 2 is 1.81 bits per heavy atom. The van der Waals surface area contributed by atoms with Crippen LogP contribution in [0.1, 0.15) is 32.8 Å². The molecule has 0 aliphatic heterocycles. The van der Waals surface area contributed by atoms with Crippen molar-refractivity contribution in [1.82, 2.24) is 0 Å². The molecule has 0 atom stereocenters. The van der Waals surface area contributed by atoms with Crippen molar-refractivity contribution in [3.63, 3.8) is 0 Å². The summed E-state index contributed by atoms with van der Waals surface area (Å²) >= 11 is 0. The van der Waals surface area contributed by atoms with Crippen molar-refractivity contribution in [2.75, 3.05) is 11.1 Å². The van der Waals surface area contributed by atoms with E-state index in [2.05, 4.69) is 36.5 Å². The molecule has 0 aliphatic carbocycles. The molecular formula is C18H24N2O. The van der Waals surface area contributed by atoms with Gasteiger partial charge < -0.3 is 15.8 Å². The zero-order chi connectivity index (χ0) is 15.2. The average molecular weight is 284 g/mol. The van der Waals surface area contributed by atoms with Crippen LogP contribution in [0.25, 0.3) is 0 Å². The van der Waals surface area contributed by atoms with Crippen LogP contribution in [0.2, 0.25) is 0 Å². The number of nitrogens with one attached hydrogen (secondary N) is 1. The predicted molar refractivity (Wildman–Crippen MR) is 90.3 cm³/mol. The third kappa shape index (κ3) is 4.15. The lowest BCUT2D eigenvalue weighted by molar-refractivity contribution is 0.244. The molecule has 0 unspecified atom stereocenters. The van der Waals surface area contributed by atoms with Crippen molar-refractivity contribution in [3.8, 4) is 5.75 Å². The number of nitrogen functional groups attached to an aromatic ring is 1. The summed E-state index contributed by atoms with van der Waals surface area (Å²) in [6, 6.07) is 14.3. The minimum Gasteiger partial charge on any atom is -0.489 e. The Morgan fingerprint density at radius 1 is 1.10 bits per heavy atom. The lowest BCUT2D eigenvalue weighted by Crippen LogP contribution is -2.08. The van der Waals surface area contributed by atoms with Gasteiger partial charge in [0.2, 0.25) is 0 Å². The molecule has 0 saturated heterocycles. The van der Waals surface area contributed by atoms with Crippen LogP contribution in [0, 0.1) is 0 Å². The third-order valence-electron chi connectivity index (χ3n) is 3.20. The molecule has 2 aromatic rings. The van der Waals surface area contributed by atoms with Gasteiger partial charge in [-0.1, -0.05) is 31.5 Å². The van der Waals surface area contributed by atoms with Gasteiger partial charge in [-0.3, -0.25) is 0 Å². The third-order valence-corrected chi connectivity index (χ3v) is 3.20. The zero-order valence-corrected chi connectivity index (χ0v) is 13.0.